The van der Waals surface area contributed by atoms with E-state index in [4.69, 9.17) is 17.0 Å². The quantitative estimate of drug-likeness (QED) is 0.696. The minimum absolute atomic E-state index is 0.0746. The number of hydrogen-bond acceptors (Lipinski definition) is 4. The summed E-state index contributed by atoms with van der Waals surface area (Å²) in [5, 5.41) is 18.6. The molecule has 2 N–H and O–H groups in total. The molecule has 0 unspecified atom stereocenters. The summed E-state index contributed by atoms with van der Waals surface area (Å²) in [6, 6.07) is 11.7. The van der Waals surface area contributed by atoms with Crippen LogP contribution in [0.5, 0.6) is 5.75 Å². The van der Waals surface area contributed by atoms with Crippen molar-refractivity contribution in [3.8, 4) is 5.75 Å². The largest absolute Gasteiger partial charge is 0.507 e. The van der Waals surface area contributed by atoms with Gasteiger partial charge in [0.1, 0.15) is 5.75 Å². The number of anilines is 1. The van der Waals surface area contributed by atoms with E-state index in [1.807, 2.05) is 0 Å². The number of amidine groups is 1. The van der Waals surface area contributed by atoms with Gasteiger partial charge in [0.05, 0.1) is 10.6 Å². The van der Waals surface area contributed by atoms with Crippen LogP contribution in [-0.4, -0.2) is 16.2 Å². The molecule has 0 bridgehead atoms. The highest BCUT2D eigenvalue weighted by Crippen LogP contribution is 2.36. The Bertz CT molecular complexity index is 836. The fraction of sp³-hybridized carbons (Fsp3) is 0. The van der Waals surface area contributed by atoms with Crippen molar-refractivity contribution in [2.75, 3.05) is 4.90 Å². The third-order valence-corrected chi connectivity index (χ3v) is 4.82. The highest BCUT2D eigenvalue weighted by Gasteiger charge is 2.33. The zero-order valence-electron chi connectivity index (χ0n) is 11.6. The molecule has 0 aliphatic carbocycles. The average molecular weight is 410 g/mol. The van der Waals surface area contributed by atoms with Crippen LogP contribution in [0, 0.1) is 5.41 Å². The minimum Gasteiger partial charge on any atom is -0.507 e. The van der Waals surface area contributed by atoms with Gasteiger partial charge in [0, 0.05) is 15.1 Å². The predicted molar refractivity (Wildman–Crippen MR) is 98.0 cm³/mol. The molecule has 1 aliphatic rings. The van der Waals surface area contributed by atoms with Gasteiger partial charge in [-0.05, 0) is 60.3 Å². The maximum atomic E-state index is 12.6. The lowest BCUT2D eigenvalue weighted by molar-refractivity contribution is -0.113. The smallest absolute Gasteiger partial charge is 0.271 e. The van der Waals surface area contributed by atoms with Crippen molar-refractivity contribution in [3.05, 3.63) is 62.4 Å². The molecule has 3 rings (SSSR count). The number of amides is 1. The van der Waals surface area contributed by atoms with Crippen molar-refractivity contribution >= 4 is 62.1 Å². The molecule has 116 valence electrons. The van der Waals surface area contributed by atoms with Crippen molar-refractivity contribution in [2.24, 2.45) is 0 Å². The van der Waals surface area contributed by atoms with Gasteiger partial charge < -0.3 is 5.11 Å². The SMILES string of the molecule is N=C1S/C(=C\c2cc(Br)ccc2O)C(=O)N1c1ccc(Cl)cc1. The summed E-state index contributed by atoms with van der Waals surface area (Å²) in [6.07, 6.45) is 1.58. The first-order valence-corrected chi connectivity index (χ1v) is 8.51. The Hall–Kier alpha value is -1.76. The second-order valence-corrected chi connectivity index (χ2v) is 7.12. The number of benzene rings is 2. The lowest BCUT2D eigenvalue weighted by Gasteiger charge is -2.14. The maximum absolute atomic E-state index is 12.6. The molecule has 0 saturated carbocycles. The molecule has 1 fully saturated rings. The Labute approximate surface area is 150 Å². The molecule has 4 nitrogen and oxygen atoms in total. The number of halogens is 2. The molecule has 1 heterocycles. The molecule has 0 radical (unpaired) electrons. The molecule has 2 aromatic carbocycles. The zero-order valence-corrected chi connectivity index (χ0v) is 14.7. The van der Waals surface area contributed by atoms with Crippen LogP contribution in [0.1, 0.15) is 5.56 Å². The van der Waals surface area contributed by atoms with E-state index in [-0.39, 0.29) is 16.8 Å². The lowest BCUT2D eigenvalue weighted by atomic mass is 10.2. The fourth-order valence-electron chi connectivity index (χ4n) is 2.09. The Morgan fingerprint density at radius 1 is 1.22 bits per heavy atom. The average Bonchev–Trinajstić information content (AvgIpc) is 2.79. The number of nitrogens with zero attached hydrogens (tertiary/aromatic N) is 1. The normalized spacial score (nSPS) is 16.4. The number of phenols is 1. The van der Waals surface area contributed by atoms with Gasteiger partial charge in [-0.3, -0.25) is 15.1 Å². The van der Waals surface area contributed by atoms with E-state index < -0.39 is 0 Å². The molecule has 1 saturated heterocycles. The van der Waals surface area contributed by atoms with E-state index in [9.17, 15) is 9.90 Å². The summed E-state index contributed by atoms with van der Waals surface area (Å²) in [7, 11) is 0. The Balaban J connectivity index is 1.96. The number of aromatic hydroxyl groups is 1. The van der Waals surface area contributed by atoms with Gasteiger partial charge in [-0.1, -0.05) is 27.5 Å². The molecule has 0 aromatic heterocycles. The van der Waals surface area contributed by atoms with E-state index in [2.05, 4.69) is 15.9 Å². The van der Waals surface area contributed by atoms with Gasteiger partial charge in [-0.2, -0.15) is 0 Å². The van der Waals surface area contributed by atoms with Gasteiger partial charge in [0.2, 0.25) is 0 Å². The number of phenolic OH excluding ortho intramolecular Hbond substituents is 1. The molecular weight excluding hydrogens is 400 g/mol. The highest BCUT2D eigenvalue weighted by atomic mass is 79.9. The minimum atomic E-state index is -0.304. The third kappa shape index (κ3) is 3.29. The van der Waals surface area contributed by atoms with Gasteiger partial charge in [-0.15, -0.1) is 0 Å². The van der Waals surface area contributed by atoms with E-state index in [0.717, 1.165) is 16.2 Å². The molecule has 1 amide bonds. The van der Waals surface area contributed by atoms with Crippen LogP contribution in [0.25, 0.3) is 6.08 Å². The second-order valence-electron chi connectivity index (χ2n) is 4.74. The summed E-state index contributed by atoms with van der Waals surface area (Å²) >= 11 is 10.2. The molecule has 0 spiro atoms. The number of hydrogen-bond donors (Lipinski definition) is 2. The zero-order chi connectivity index (χ0) is 16.6. The molecular formula is C16H10BrClN2O2S. The van der Waals surface area contributed by atoms with Crippen molar-refractivity contribution in [1.82, 2.24) is 0 Å². The molecule has 23 heavy (non-hydrogen) atoms. The second kappa shape index (κ2) is 6.39. The van der Waals surface area contributed by atoms with E-state index in [1.54, 1.807) is 48.5 Å². The summed E-state index contributed by atoms with van der Waals surface area (Å²) in [6.45, 7) is 0. The Morgan fingerprint density at radius 3 is 2.61 bits per heavy atom. The third-order valence-electron chi connectivity index (χ3n) is 3.18. The van der Waals surface area contributed by atoms with Gasteiger partial charge in [-0.25, -0.2) is 0 Å². The molecule has 7 heteroatoms. The number of rotatable bonds is 2. The lowest BCUT2D eigenvalue weighted by Crippen LogP contribution is -2.27. The van der Waals surface area contributed by atoms with Crippen molar-refractivity contribution in [2.45, 2.75) is 0 Å². The first kappa shape index (κ1) is 16.1. The van der Waals surface area contributed by atoms with Crippen molar-refractivity contribution in [3.63, 3.8) is 0 Å². The van der Waals surface area contributed by atoms with Crippen LogP contribution in [0.2, 0.25) is 5.02 Å². The molecule has 0 atom stereocenters. The monoisotopic (exact) mass is 408 g/mol. The van der Waals surface area contributed by atoms with Crippen LogP contribution in [0.4, 0.5) is 5.69 Å². The topological polar surface area (TPSA) is 64.4 Å². The van der Waals surface area contributed by atoms with Crippen LogP contribution in [-0.2, 0) is 4.79 Å². The standard InChI is InChI=1S/C16H10BrClN2O2S/c17-10-1-6-13(21)9(7-10)8-14-15(22)20(16(19)23-14)12-4-2-11(18)3-5-12/h1-8,19,21H/b14-8-,19-16?. The summed E-state index contributed by atoms with van der Waals surface area (Å²) in [4.78, 5) is 14.3. The van der Waals surface area contributed by atoms with Crippen LogP contribution in [0.3, 0.4) is 0 Å². The number of carbonyl (C=O) groups is 1. The van der Waals surface area contributed by atoms with Crippen LogP contribution in [0.15, 0.2) is 51.8 Å². The van der Waals surface area contributed by atoms with E-state index >= 15 is 0 Å². The van der Waals surface area contributed by atoms with E-state index in [0.29, 0.717) is 21.2 Å². The van der Waals surface area contributed by atoms with Crippen LogP contribution < -0.4 is 4.90 Å². The number of thioether (sulfide) groups is 1. The highest BCUT2D eigenvalue weighted by molar-refractivity contribution is 9.10. The molecule has 1 aliphatic heterocycles. The maximum Gasteiger partial charge on any atom is 0.271 e. The van der Waals surface area contributed by atoms with Crippen molar-refractivity contribution < 1.29 is 9.90 Å². The summed E-state index contributed by atoms with van der Waals surface area (Å²) < 4.78 is 0.794. The Kier molecular flexibility index (Phi) is 4.48. The first-order valence-electron chi connectivity index (χ1n) is 6.52. The summed E-state index contributed by atoms with van der Waals surface area (Å²) in [5.74, 6) is -0.229. The fourth-order valence-corrected chi connectivity index (χ4v) is 3.45. The van der Waals surface area contributed by atoms with Gasteiger partial charge in [0.25, 0.3) is 5.91 Å². The Morgan fingerprint density at radius 2 is 1.91 bits per heavy atom. The summed E-state index contributed by atoms with van der Waals surface area (Å²) in [5.41, 5.74) is 1.10. The van der Waals surface area contributed by atoms with Gasteiger partial charge >= 0.3 is 0 Å². The van der Waals surface area contributed by atoms with Crippen LogP contribution >= 0.6 is 39.3 Å². The van der Waals surface area contributed by atoms with Crippen molar-refractivity contribution in [1.29, 1.82) is 5.41 Å². The number of nitrogens with one attached hydrogen (secondary N) is 1. The first-order chi connectivity index (χ1) is 11.0. The molecule has 2 aromatic rings. The predicted octanol–water partition coefficient (Wildman–Crippen LogP) is 4.86. The van der Waals surface area contributed by atoms with Gasteiger partial charge in [0.15, 0.2) is 5.17 Å². The van der Waals surface area contributed by atoms with E-state index in [1.165, 1.54) is 4.90 Å². The number of carbonyl (C=O) groups excluding carboxylic acids is 1.